The van der Waals surface area contributed by atoms with Gasteiger partial charge in [0.15, 0.2) is 0 Å². The second-order valence-electron chi connectivity index (χ2n) is 2.98. The van der Waals surface area contributed by atoms with Gasteiger partial charge in [-0.05, 0) is 13.8 Å². The second kappa shape index (κ2) is 5.29. The molecular formula is C7H16AlO. The molecule has 0 saturated heterocycles. The first-order valence-corrected chi connectivity index (χ1v) is 4.89. The van der Waals surface area contributed by atoms with Crippen molar-refractivity contribution in [3.63, 3.8) is 0 Å². The van der Waals surface area contributed by atoms with E-state index in [-0.39, 0.29) is 15.6 Å². The van der Waals surface area contributed by atoms with Crippen LogP contribution in [0, 0.1) is 5.92 Å². The fraction of sp³-hybridized carbons (Fsp3) is 1.00. The Morgan fingerprint density at radius 2 is 1.78 bits per heavy atom. The summed E-state index contributed by atoms with van der Waals surface area (Å²) < 4.78 is 5.44. The van der Waals surface area contributed by atoms with Crippen LogP contribution in [0.1, 0.15) is 27.7 Å². The zero-order valence-corrected chi connectivity index (χ0v) is 8.00. The van der Waals surface area contributed by atoms with Crippen LogP contribution in [-0.2, 0) is 3.79 Å². The van der Waals surface area contributed by atoms with Crippen LogP contribution in [-0.4, -0.2) is 21.7 Å². The summed E-state index contributed by atoms with van der Waals surface area (Å²) in [5, 5.41) is 1.26. The lowest BCUT2D eigenvalue weighted by molar-refractivity contribution is 0.253. The van der Waals surface area contributed by atoms with Crippen molar-refractivity contribution in [3.8, 4) is 0 Å². The van der Waals surface area contributed by atoms with E-state index in [1.165, 1.54) is 5.28 Å². The van der Waals surface area contributed by atoms with E-state index in [0.717, 1.165) is 5.92 Å². The maximum absolute atomic E-state index is 5.44. The van der Waals surface area contributed by atoms with E-state index in [4.69, 9.17) is 3.79 Å². The Labute approximate surface area is 64.8 Å². The largest absolute Gasteiger partial charge is 0.505 e. The molecule has 0 rings (SSSR count). The SMILES string of the molecule is CC(C)[CH2][Al][O]C(C)C. The molecule has 1 nitrogen and oxygen atoms in total. The van der Waals surface area contributed by atoms with Gasteiger partial charge in [-0.1, -0.05) is 25.0 Å². The van der Waals surface area contributed by atoms with Crippen LogP contribution in [0.25, 0.3) is 0 Å². The van der Waals surface area contributed by atoms with Crippen molar-refractivity contribution in [3.05, 3.63) is 0 Å². The first-order chi connectivity index (χ1) is 4.13. The van der Waals surface area contributed by atoms with Gasteiger partial charge in [0, 0.05) is 6.10 Å². The third-order valence-electron chi connectivity index (χ3n) is 0.936. The van der Waals surface area contributed by atoms with Crippen LogP contribution in [0.4, 0.5) is 0 Å². The Morgan fingerprint density at radius 3 is 2.11 bits per heavy atom. The van der Waals surface area contributed by atoms with Crippen molar-refractivity contribution >= 4 is 15.6 Å². The van der Waals surface area contributed by atoms with Crippen LogP contribution in [0.3, 0.4) is 0 Å². The van der Waals surface area contributed by atoms with E-state index in [2.05, 4.69) is 27.7 Å². The highest BCUT2D eigenvalue weighted by atomic mass is 27.1. The summed E-state index contributed by atoms with van der Waals surface area (Å²) >= 11 is 0.255. The first kappa shape index (κ1) is 9.49. The number of rotatable bonds is 4. The zero-order chi connectivity index (χ0) is 7.28. The molecule has 53 valence electrons. The van der Waals surface area contributed by atoms with Gasteiger partial charge in [-0.2, -0.15) is 0 Å². The van der Waals surface area contributed by atoms with Crippen molar-refractivity contribution in [1.82, 2.24) is 0 Å². The monoisotopic (exact) mass is 143 g/mol. The van der Waals surface area contributed by atoms with Gasteiger partial charge in [0.05, 0.1) is 0 Å². The predicted octanol–water partition coefficient (Wildman–Crippen LogP) is 2.10. The quantitative estimate of drug-likeness (QED) is 0.547. The van der Waals surface area contributed by atoms with Gasteiger partial charge in [-0.15, -0.1) is 0 Å². The van der Waals surface area contributed by atoms with E-state index < -0.39 is 0 Å². The summed E-state index contributed by atoms with van der Waals surface area (Å²) in [6.45, 7) is 8.65. The Balaban J connectivity index is 2.91. The number of hydrogen-bond acceptors (Lipinski definition) is 1. The molecule has 0 aliphatic heterocycles. The summed E-state index contributed by atoms with van der Waals surface area (Å²) in [6.07, 6.45) is 0.429. The molecule has 0 amide bonds. The standard InChI is InChI=1S/C4H9.C3H7O.Al/c1-4(2)3;1-3(2)4;/h4H,1H2,2-3H3;3H,1-2H3;/q;-1;+1. The molecule has 0 spiro atoms. The highest BCUT2D eigenvalue weighted by molar-refractivity contribution is 6.27. The molecule has 0 aliphatic carbocycles. The van der Waals surface area contributed by atoms with Crippen molar-refractivity contribution in [2.24, 2.45) is 5.92 Å². The second-order valence-corrected chi connectivity index (χ2v) is 4.06. The van der Waals surface area contributed by atoms with Gasteiger partial charge in [0.2, 0.25) is 0 Å². The molecule has 0 unspecified atom stereocenters. The smallest absolute Gasteiger partial charge is 0.423 e. The Morgan fingerprint density at radius 1 is 1.22 bits per heavy atom. The molecule has 0 fully saturated rings. The molecule has 0 aromatic carbocycles. The van der Waals surface area contributed by atoms with E-state index in [1.54, 1.807) is 0 Å². The predicted molar refractivity (Wildman–Crippen MR) is 41.6 cm³/mol. The molecule has 1 radical (unpaired) electrons. The van der Waals surface area contributed by atoms with Crippen LogP contribution in [0.2, 0.25) is 5.28 Å². The van der Waals surface area contributed by atoms with Crippen molar-refractivity contribution in [2.45, 2.75) is 39.1 Å². The minimum Gasteiger partial charge on any atom is -0.505 e. The van der Waals surface area contributed by atoms with E-state index in [1.807, 2.05) is 0 Å². The van der Waals surface area contributed by atoms with Crippen molar-refractivity contribution < 1.29 is 3.79 Å². The van der Waals surface area contributed by atoms with E-state index in [0.29, 0.717) is 6.10 Å². The van der Waals surface area contributed by atoms with Crippen molar-refractivity contribution in [1.29, 1.82) is 0 Å². The van der Waals surface area contributed by atoms with Gasteiger partial charge in [-0.3, -0.25) is 0 Å². The third kappa shape index (κ3) is 8.49. The normalized spacial score (nSPS) is 10.9. The molecule has 0 bridgehead atoms. The summed E-state index contributed by atoms with van der Waals surface area (Å²) in [6, 6.07) is 0. The topological polar surface area (TPSA) is 9.23 Å². The fourth-order valence-corrected chi connectivity index (χ4v) is 1.32. The van der Waals surface area contributed by atoms with Crippen LogP contribution in [0.15, 0.2) is 0 Å². The molecule has 0 atom stereocenters. The summed E-state index contributed by atoms with van der Waals surface area (Å²) in [7, 11) is 0. The number of hydrogen-bond donors (Lipinski definition) is 0. The fourth-order valence-electron chi connectivity index (χ4n) is 0.440. The van der Waals surface area contributed by atoms with Gasteiger partial charge >= 0.3 is 15.6 Å². The van der Waals surface area contributed by atoms with E-state index in [9.17, 15) is 0 Å². The Kier molecular flexibility index (Phi) is 5.58. The summed E-state index contributed by atoms with van der Waals surface area (Å²) in [4.78, 5) is 0. The van der Waals surface area contributed by atoms with Crippen LogP contribution < -0.4 is 0 Å². The Hall–Kier alpha value is 0.492. The van der Waals surface area contributed by atoms with Crippen LogP contribution >= 0.6 is 0 Å². The maximum Gasteiger partial charge on any atom is 0.423 e. The molecule has 0 N–H and O–H groups in total. The van der Waals surface area contributed by atoms with Crippen molar-refractivity contribution in [2.75, 3.05) is 0 Å². The average molecular weight is 143 g/mol. The van der Waals surface area contributed by atoms with Gasteiger partial charge < -0.3 is 3.79 Å². The first-order valence-electron chi connectivity index (χ1n) is 3.60. The molecule has 0 aliphatic rings. The molecule has 9 heavy (non-hydrogen) atoms. The van der Waals surface area contributed by atoms with Crippen LogP contribution in [0.5, 0.6) is 0 Å². The molecule has 0 heterocycles. The lowest BCUT2D eigenvalue weighted by Gasteiger charge is -2.07. The minimum absolute atomic E-state index is 0.255. The van der Waals surface area contributed by atoms with Gasteiger partial charge in [0.1, 0.15) is 0 Å². The molecule has 0 aromatic rings. The molecule has 0 aromatic heterocycles. The highest BCUT2D eigenvalue weighted by Gasteiger charge is 1.99. The third-order valence-corrected chi connectivity index (χ3v) is 2.81. The lowest BCUT2D eigenvalue weighted by Crippen LogP contribution is -2.08. The zero-order valence-electron chi connectivity index (χ0n) is 6.85. The molecule has 0 saturated carbocycles. The molecule has 2 heteroatoms. The highest BCUT2D eigenvalue weighted by Crippen LogP contribution is 1.99. The van der Waals surface area contributed by atoms with Gasteiger partial charge in [-0.25, -0.2) is 0 Å². The van der Waals surface area contributed by atoms with E-state index >= 15 is 0 Å². The minimum atomic E-state index is 0.255. The van der Waals surface area contributed by atoms with Gasteiger partial charge in [0.25, 0.3) is 0 Å². The molecular weight excluding hydrogens is 127 g/mol. The summed E-state index contributed by atoms with van der Waals surface area (Å²) in [5.41, 5.74) is 0. The Bertz CT molecular complexity index is 53.9. The average Bonchev–Trinajstić information content (AvgIpc) is 1.63. The summed E-state index contributed by atoms with van der Waals surface area (Å²) in [5.74, 6) is 0.804. The lowest BCUT2D eigenvalue weighted by atomic mass is 10.3. The maximum atomic E-state index is 5.44.